The third-order valence-corrected chi connectivity index (χ3v) is 1.99. The average Bonchev–Trinajstić information content (AvgIpc) is 2.18. The molecular formula is C11H9NO. The van der Waals surface area contributed by atoms with Crippen molar-refractivity contribution in [2.45, 2.75) is 6.42 Å². The lowest BCUT2D eigenvalue weighted by atomic mass is 10.1. The molecule has 0 spiro atoms. The Bertz CT molecular complexity index is 437. The maximum absolute atomic E-state index is 10.3. The van der Waals surface area contributed by atoms with Crippen LogP contribution in [0.1, 0.15) is 5.56 Å². The molecular weight excluding hydrogens is 162 g/mol. The van der Waals surface area contributed by atoms with E-state index in [1.165, 1.54) is 0 Å². The first-order valence-corrected chi connectivity index (χ1v) is 4.17. The Hall–Kier alpha value is -1.70. The molecule has 0 aliphatic heterocycles. The normalized spacial score (nSPS) is 10.2. The number of carbonyl (C=O) groups excluding carboxylic acids is 1. The Morgan fingerprint density at radius 2 is 2.23 bits per heavy atom. The van der Waals surface area contributed by atoms with Crippen LogP contribution < -0.4 is 0 Å². The van der Waals surface area contributed by atoms with Gasteiger partial charge in [0.15, 0.2) is 0 Å². The minimum absolute atomic E-state index is 0.477. The SMILES string of the molecule is O=CCc1ccc2ncccc2c1. The maximum atomic E-state index is 10.3. The van der Waals surface area contributed by atoms with Crippen molar-refractivity contribution in [3.05, 3.63) is 42.1 Å². The topological polar surface area (TPSA) is 30.0 Å². The van der Waals surface area contributed by atoms with Gasteiger partial charge in [0, 0.05) is 18.0 Å². The van der Waals surface area contributed by atoms with Gasteiger partial charge in [0.05, 0.1) is 5.52 Å². The highest BCUT2D eigenvalue weighted by Crippen LogP contribution is 2.12. The number of benzene rings is 1. The number of nitrogens with zero attached hydrogens (tertiary/aromatic N) is 1. The molecule has 0 N–H and O–H groups in total. The van der Waals surface area contributed by atoms with Gasteiger partial charge < -0.3 is 4.79 Å². The van der Waals surface area contributed by atoms with Crippen molar-refractivity contribution in [1.82, 2.24) is 4.98 Å². The molecule has 0 saturated heterocycles. The molecule has 0 aliphatic carbocycles. The van der Waals surface area contributed by atoms with Crippen molar-refractivity contribution >= 4 is 17.2 Å². The van der Waals surface area contributed by atoms with Gasteiger partial charge in [-0.2, -0.15) is 0 Å². The van der Waals surface area contributed by atoms with Crippen molar-refractivity contribution in [3.8, 4) is 0 Å². The number of aromatic nitrogens is 1. The van der Waals surface area contributed by atoms with Crippen LogP contribution in [0.2, 0.25) is 0 Å². The number of pyridine rings is 1. The van der Waals surface area contributed by atoms with E-state index in [4.69, 9.17) is 0 Å². The summed E-state index contributed by atoms with van der Waals surface area (Å²) in [4.78, 5) is 14.5. The fourth-order valence-corrected chi connectivity index (χ4v) is 1.35. The van der Waals surface area contributed by atoms with Gasteiger partial charge in [0.1, 0.15) is 6.29 Å². The number of fused-ring (bicyclic) bond motifs is 1. The smallest absolute Gasteiger partial charge is 0.124 e. The van der Waals surface area contributed by atoms with E-state index in [2.05, 4.69) is 4.98 Å². The lowest BCUT2D eigenvalue weighted by molar-refractivity contribution is -0.107. The predicted octanol–water partition coefficient (Wildman–Crippen LogP) is 1.98. The van der Waals surface area contributed by atoms with Crippen molar-refractivity contribution in [1.29, 1.82) is 0 Å². The summed E-state index contributed by atoms with van der Waals surface area (Å²) in [7, 11) is 0. The van der Waals surface area contributed by atoms with E-state index >= 15 is 0 Å². The zero-order valence-electron chi connectivity index (χ0n) is 7.10. The van der Waals surface area contributed by atoms with Gasteiger partial charge in [0.2, 0.25) is 0 Å². The summed E-state index contributed by atoms with van der Waals surface area (Å²) in [6.07, 6.45) is 3.16. The Balaban J connectivity index is 2.55. The molecule has 0 unspecified atom stereocenters. The molecule has 0 atom stereocenters. The highest BCUT2D eigenvalue weighted by atomic mass is 16.1. The summed E-state index contributed by atoms with van der Waals surface area (Å²) in [5.41, 5.74) is 2.01. The van der Waals surface area contributed by atoms with Gasteiger partial charge in [-0.25, -0.2) is 0 Å². The Kier molecular flexibility index (Phi) is 2.04. The third-order valence-electron chi connectivity index (χ3n) is 1.99. The molecule has 0 aliphatic rings. The molecule has 64 valence electrons. The monoisotopic (exact) mass is 171 g/mol. The van der Waals surface area contributed by atoms with E-state index in [1.807, 2.05) is 30.3 Å². The number of carbonyl (C=O) groups is 1. The predicted molar refractivity (Wildman–Crippen MR) is 51.5 cm³/mol. The molecule has 1 aromatic carbocycles. The van der Waals surface area contributed by atoms with Gasteiger partial charge >= 0.3 is 0 Å². The second-order valence-corrected chi connectivity index (χ2v) is 2.90. The van der Waals surface area contributed by atoms with E-state index in [0.29, 0.717) is 6.42 Å². The summed E-state index contributed by atoms with van der Waals surface area (Å²) >= 11 is 0. The quantitative estimate of drug-likeness (QED) is 0.646. The maximum Gasteiger partial charge on any atom is 0.124 e. The van der Waals surface area contributed by atoms with E-state index < -0.39 is 0 Å². The zero-order chi connectivity index (χ0) is 9.10. The first kappa shape index (κ1) is 7.92. The number of aldehydes is 1. The van der Waals surface area contributed by atoms with Gasteiger partial charge in [-0.05, 0) is 23.8 Å². The molecule has 0 radical (unpaired) electrons. The van der Waals surface area contributed by atoms with Crippen LogP contribution in [-0.4, -0.2) is 11.3 Å². The highest BCUT2D eigenvalue weighted by molar-refractivity contribution is 5.79. The van der Waals surface area contributed by atoms with Crippen LogP contribution in [0.25, 0.3) is 10.9 Å². The minimum atomic E-state index is 0.477. The number of rotatable bonds is 2. The molecule has 0 bridgehead atoms. The van der Waals surface area contributed by atoms with Gasteiger partial charge in [-0.3, -0.25) is 4.98 Å². The number of hydrogen-bond donors (Lipinski definition) is 0. The molecule has 13 heavy (non-hydrogen) atoms. The van der Waals surface area contributed by atoms with Crippen molar-refractivity contribution in [2.24, 2.45) is 0 Å². The fourth-order valence-electron chi connectivity index (χ4n) is 1.35. The molecule has 2 aromatic rings. The van der Waals surface area contributed by atoms with Crippen LogP contribution in [0.15, 0.2) is 36.5 Å². The Morgan fingerprint density at radius 1 is 1.31 bits per heavy atom. The molecule has 0 fully saturated rings. The lowest BCUT2D eigenvalue weighted by Crippen LogP contribution is -1.86. The summed E-state index contributed by atoms with van der Waals surface area (Å²) in [5.74, 6) is 0. The Labute approximate surface area is 76.2 Å². The molecule has 0 amide bonds. The van der Waals surface area contributed by atoms with Gasteiger partial charge in [-0.15, -0.1) is 0 Å². The molecule has 2 nitrogen and oxygen atoms in total. The summed E-state index contributed by atoms with van der Waals surface area (Å²) < 4.78 is 0. The van der Waals surface area contributed by atoms with E-state index in [0.717, 1.165) is 22.8 Å². The minimum Gasteiger partial charge on any atom is -0.303 e. The largest absolute Gasteiger partial charge is 0.303 e. The summed E-state index contributed by atoms with van der Waals surface area (Å²) in [6, 6.07) is 9.76. The van der Waals surface area contributed by atoms with Crippen LogP contribution in [0.3, 0.4) is 0 Å². The van der Waals surface area contributed by atoms with Crippen LogP contribution in [0, 0.1) is 0 Å². The van der Waals surface area contributed by atoms with Crippen molar-refractivity contribution < 1.29 is 4.79 Å². The van der Waals surface area contributed by atoms with E-state index in [-0.39, 0.29) is 0 Å². The second-order valence-electron chi connectivity index (χ2n) is 2.90. The Morgan fingerprint density at radius 3 is 3.08 bits per heavy atom. The van der Waals surface area contributed by atoms with Crippen molar-refractivity contribution in [2.75, 3.05) is 0 Å². The van der Waals surface area contributed by atoms with Crippen LogP contribution in [0.4, 0.5) is 0 Å². The molecule has 1 aromatic heterocycles. The fraction of sp³-hybridized carbons (Fsp3) is 0.0909. The molecule has 2 rings (SSSR count). The summed E-state index contributed by atoms with van der Waals surface area (Å²) in [5, 5.41) is 1.09. The highest BCUT2D eigenvalue weighted by Gasteiger charge is 1.95. The van der Waals surface area contributed by atoms with Crippen LogP contribution in [-0.2, 0) is 11.2 Å². The van der Waals surface area contributed by atoms with E-state index in [1.54, 1.807) is 6.20 Å². The standard InChI is InChI=1S/C11H9NO/c13-7-5-9-3-4-11-10(8-9)2-1-6-12-11/h1-4,6-8H,5H2. The molecule has 1 heterocycles. The molecule has 0 saturated carbocycles. The van der Waals surface area contributed by atoms with Crippen molar-refractivity contribution in [3.63, 3.8) is 0 Å². The first-order chi connectivity index (χ1) is 6.40. The number of hydrogen-bond acceptors (Lipinski definition) is 2. The third kappa shape index (κ3) is 1.56. The van der Waals surface area contributed by atoms with E-state index in [9.17, 15) is 4.79 Å². The van der Waals surface area contributed by atoms with Crippen LogP contribution in [0.5, 0.6) is 0 Å². The molecule has 2 heteroatoms. The lowest BCUT2D eigenvalue weighted by Gasteiger charge is -1.98. The second kappa shape index (κ2) is 3.35. The average molecular weight is 171 g/mol. The first-order valence-electron chi connectivity index (χ1n) is 4.17. The summed E-state index contributed by atoms with van der Waals surface area (Å²) in [6.45, 7) is 0. The zero-order valence-corrected chi connectivity index (χ0v) is 7.10. The van der Waals surface area contributed by atoms with Gasteiger partial charge in [0.25, 0.3) is 0 Å². The van der Waals surface area contributed by atoms with Gasteiger partial charge in [-0.1, -0.05) is 12.1 Å². The van der Waals surface area contributed by atoms with Crippen LogP contribution >= 0.6 is 0 Å².